The molecule has 0 aliphatic heterocycles. The van der Waals surface area contributed by atoms with Crippen molar-refractivity contribution in [1.82, 2.24) is 5.32 Å². The molecule has 0 heterocycles. The first-order chi connectivity index (χ1) is 7.59. The quantitative estimate of drug-likeness (QED) is 0.776. The molecule has 0 spiro atoms. The molecule has 88 valence electrons. The predicted octanol–water partition coefficient (Wildman–Crippen LogP) is 3.20. The monoisotopic (exact) mass is 239 g/mol. The SMILES string of the molecule is CC(C)CSc1ccccc1CNC(=O)O. The Hall–Kier alpha value is -1.16. The lowest BCUT2D eigenvalue weighted by Gasteiger charge is -2.10. The Morgan fingerprint density at radius 3 is 2.75 bits per heavy atom. The molecule has 0 aliphatic rings. The number of amides is 1. The van der Waals surface area contributed by atoms with Crippen molar-refractivity contribution in [3.8, 4) is 0 Å². The van der Waals surface area contributed by atoms with E-state index in [0.717, 1.165) is 16.2 Å². The molecule has 16 heavy (non-hydrogen) atoms. The average Bonchev–Trinajstić information content (AvgIpc) is 2.24. The molecule has 3 nitrogen and oxygen atoms in total. The lowest BCUT2D eigenvalue weighted by molar-refractivity contribution is 0.194. The van der Waals surface area contributed by atoms with E-state index in [0.29, 0.717) is 12.5 Å². The fraction of sp³-hybridized carbons (Fsp3) is 0.417. The molecule has 0 bridgehead atoms. The Labute approximate surface area is 100 Å². The summed E-state index contributed by atoms with van der Waals surface area (Å²) in [5, 5.41) is 11.0. The molecule has 0 radical (unpaired) electrons. The van der Waals surface area contributed by atoms with Crippen molar-refractivity contribution in [3.63, 3.8) is 0 Å². The Morgan fingerprint density at radius 1 is 1.44 bits per heavy atom. The largest absolute Gasteiger partial charge is 0.465 e. The van der Waals surface area contributed by atoms with Crippen LogP contribution in [0.3, 0.4) is 0 Å². The molecule has 0 saturated heterocycles. The van der Waals surface area contributed by atoms with Crippen molar-refractivity contribution >= 4 is 17.9 Å². The van der Waals surface area contributed by atoms with Gasteiger partial charge in [-0.3, -0.25) is 0 Å². The molecule has 0 aromatic heterocycles. The molecule has 0 atom stereocenters. The minimum absolute atomic E-state index is 0.372. The first-order valence-electron chi connectivity index (χ1n) is 5.27. The first-order valence-corrected chi connectivity index (χ1v) is 6.25. The van der Waals surface area contributed by atoms with Crippen molar-refractivity contribution < 1.29 is 9.90 Å². The maximum atomic E-state index is 10.4. The van der Waals surface area contributed by atoms with E-state index in [2.05, 4.69) is 19.2 Å². The Bertz CT molecular complexity index is 353. The summed E-state index contributed by atoms with van der Waals surface area (Å²) in [6.45, 7) is 4.72. The van der Waals surface area contributed by atoms with Crippen LogP contribution in [0.5, 0.6) is 0 Å². The topological polar surface area (TPSA) is 49.3 Å². The van der Waals surface area contributed by atoms with Crippen molar-refractivity contribution in [2.45, 2.75) is 25.3 Å². The van der Waals surface area contributed by atoms with Crippen LogP contribution in [0.1, 0.15) is 19.4 Å². The van der Waals surface area contributed by atoms with Gasteiger partial charge in [0.1, 0.15) is 0 Å². The van der Waals surface area contributed by atoms with E-state index in [1.807, 2.05) is 24.3 Å². The van der Waals surface area contributed by atoms with Crippen molar-refractivity contribution in [3.05, 3.63) is 29.8 Å². The van der Waals surface area contributed by atoms with Gasteiger partial charge in [0.2, 0.25) is 0 Å². The molecule has 0 fully saturated rings. The van der Waals surface area contributed by atoms with Gasteiger partial charge >= 0.3 is 6.09 Å². The number of hydrogen-bond acceptors (Lipinski definition) is 2. The third kappa shape index (κ3) is 4.57. The predicted molar refractivity (Wildman–Crippen MR) is 66.9 cm³/mol. The molecule has 1 amide bonds. The van der Waals surface area contributed by atoms with Gasteiger partial charge in [-0.25, -0.2) is 4.79 Å². The van der Waals surface area contributed by atoms with Crippen LogP contribution in [0.25, 0.3) is 0 Å². The van der Waals surface area contributed by atoms with Gasteiger partial charge in [0.15, 0.2) is 0 Å². The Morgan fingerprint density at radius 2 is 2.12 bits per heavy atom. The van der Waals surface area contributed by atoms with Gasteiger partial charge < -0.3 is 10.4 Å². The smallest absolute Gasteiger partial charge is 0.404 e. The van der Waals surface area contributed by atoms with E-state index in [1.165, 1.54) is 0 Å². The van der Waals surface area contributed by atoms with E-state index in [4.69, 9.17) is 5.11 Å². The van der Waals surface area contributed by atoms with E-state index >= 15 is 0 Å². The van der Waals surface area contributed by atoms with Gasteiger partial charge in [-0.15, -0.1) is 11.8 Å². The van der Waals surface area contributed by atoms with Crippen LogP contribution in [0.2, 0.25) is 0 Å². The van der Waals surface area contributed by atoms with Gasteiger partial charge in [0, 0.05) is 17.2 Å². The summed E-state index contributed by atoms with van der Waals surface area (Å²) in [5.74, 6) is 1.68. The Kier molecular flexibility index (Phi) is 5.19. The number of rotatable bonds is 5. The molecular formula is C12H17NO2S. The van der Waals surface area contributed by atoms with Crippen LogP contribution < -0.4 is 5.32 Å². The zero-order valence-corrected chi connectivity index (χ0v) is 10.4. The first kappa shape index (κ1) is 12.9. The highest BCUT2D eigenvalue weighted by atomic mass is 32.2. The number of carboxylic acid groups (broad SMARTS) is 1. The fourth-order valence-electron chi connectivity index (χ4n) is 1.22. The molecule has 0 unspecified atom stereocenters. The van der Waals surface area contributed by atoms with Crippen molar-refractivity contribution in [2.75, 3.05) is 5.75 Å². The summed E-state index contributed by atoms with van der Waals surface area (Å²) in [7, 11) is 0. The Balaban J connectivity index is 2.63. The summed E-state index contributed by atoms with van der Waals surface area (Å²) < 4.78 is 0. The maximum Gasteiger partial charge on any atom is 0.404 e. The summed E-state index contributed by atoms with van der Waals surface area (Å²) >= 11 is 1.77. The third-order valence-corrected chi connectivity index (χ3v) is 3.52. The van der Waals surface area contributed by atoms with Crippen LogP contribution >= 0.6 is 11.8 Å². The normalized spacial score (nSPS) is 10.4. The minimum Gasteiger partial charge on any atom is -0.465 e. The molecule has 1 rings (SSSR count). The van der Waals surface area contributed by atoms with Crippen molar-refractivity contribution in [1.29, 1.82) is 0 Å². The molecular weight excluding hydrogens is 222 g/mol. The van der Waals surface area contributed by atoms with Gasteiger partial charge in [0.25, 0.3) is 0 Å². The van der Waals surface area contributed by atoms with Gasteiger partial charge in [0.05, 0.1) is 0 Å². The lowest BCUT2D eigenvalue weighted by Crippen LogP contribution is -2.20. The lowest BCUT2D eigenvalue weighted by atomic mass is 10.2. The van der Waals surface area contributed by atoms with Crippen LogP contribution in [-0.2, 0) is 6.54 Å². The number of hydrogen-bond donors (Lipinski definition) is 2. The molecule has 0 saturated carbocycles. The van der Waals surface area contributed by atoms with E-state index in [9.17, 15) is 4.79 Å². The van der Waals surface area contributed by atoms with Crippen molar-refractivity contribution in [2.24, 2.45) is 5.92 Å². The summed E-state index contributed by atoms with van der Waals surface area (Å²) in [5.41, 5.74) is 1.04. The third-order valence-electron chi connectivity index (χ3n) is 1.97. The van der Waals surface area contributed by atoms with Gasteiger partial charge in [-0.05, 0) is 17.5 Å². The van der Waals surface area contributed by atoms with Crippen LogP contribution in [0.15, 0.2) is 29.2 Å². The number of thioether (sulfide) groups is 1. The molecule has 0 aliphatic carbocycles. The summed E-state index contributed by atoms with van der Waals surface area (Å²) in [4.78, 5) is 11.6. The van der Waals surface area contributed by atoms with Crippen LogP contribution in [0, 0.1) is 5.92 Å². The highest BCUT2D eigenvalue weighted by Gasteiger charge is 2.04. The number of benzene rings is 1. The van der Waals surface area contributed by atoms with Gasteiger partial charge in [-0.1, -0.05) is 32.0 Å². The van der Waals surface area contributed by atoms with E-state index in [-0.39, 0.29) is 0 Å². The molecule has 1 aromatic rings. The zero-order chi connectivity index (χ0) is 12.0. The second kappa shape index (κ2) is 6.43. The highest BCUT2D eigenvalue weighted by Crippen LogP contribution is 2.24. The fourth-order valence-corrected chi connectivity index (χ4v) is 2.23. The van der Waals surface area contributed by atoms with E-state index < -0.39 is 6.09 Å². The maximum absolute atomic E-state index is 10.4. The zero-order valence-electron chi connectivity index (χ0n) is 9.56. The molecule has 4 heteroatoms. The second-order valence-corrected chi connectivity index (χ2v) is 5.03. The highest BCUT2D eigenvalue weighted by molar-refractivity contribution is 7.99. The second-order valence-electron chi connectivity index (χ2n) is 3.97. The van der Waals surface area contributed by atoms with Gasteiger partial charge in [-0.2, -0.15) is 0 Å². The average molecular weight is 239 g/mol. The molecule has 2 N–H and O–H groups in total. The van der Waals surface area contributed by atoms with E-state index in [1.54, 1.807) is 11.8 Å². The minimum atomic E-state index is -0.983. The summed E-state index contributed by atoms with van der Waals surface area (Å²) in [6.07, 6.45) is -0.983. The van der Waals surface area contributed by atoms with Crippen LogP contribution in [-0.4, -0.2) is 17.0 Å². The number of nitrogens with one attached hydrogen (secondary N) is 1. The standard InChI is InChI=1S/C12H17NO2S/c1-9(2)8-16-11-6-4-3-5-10(11)7-13-12(14)15/h3-6,9,13H,7-8H2,1-2H3,(H,14,15). The summed E-state index contributed by atoms with van der Waals surface area (Å²) in [6, 6.07) is 7.90. The molecule has 1 aromatic carbocycles. The van der Waals surface area contributed by atoms with Crippen LogP contribution in [0.4, 0.5) is 4.79 Å². The number of carbonyl (C=O) groups is 1.